The summed E-state index contributed by atoms with van der Waals surface area (Å²) in [6.45, 7) is 0. The molecule has 7 aromatic heterocycles. The Balaban J connectivity index is 1.06. The van der Waals surface area contributed by atoms with E-state index in [0.29, 0.717) is 0 Å². The van der Waals surface area contributed by atoms with E-state index in [1.54, 1.807) is 0 Å². The van der Waals surface area contributed by atoms with E-state index in [9.17, 15) is 0 Å². The largest absolute Gasteiger partial charge is 0.305 e. The lowest BCUT2D eigenvalue weighted by Gasteiger charge is -2.42. The van der Waals surface area contributed by atoms with Crippen LogP contribution in [0.25, 0.3) is 103 Å². The molecule has 0 fully saturated rings. The van der Waals surface area contributed by atoms with Gasteiger partial charge in [-0.15, -0.1) is 11.3 Å². The lowest BCUT2D eigenvalue weighted by atomic mass is 10.2. The van der Waals surface area contributed by atoms with Crippen molar-refractivity contribution in [2.24, 2.45) is 0 Å². The van der Waals surface area contributed by atoms with Crippen molar-refractivity contribution in [3.63, 3.8) is 0 Å². The molecule has 0 amide bonds. The molecule has 15 rings (SSSR count). The highest BCUT2D eigenvalue weighted by atomic mass is 32.3. The van der Waals surface area contributed by atoms with Gasteiger partial charge in [-0.2, -0.15) is 0 Å². The summed E-state index contributed by atoms with van der Waals surface area (Å²) < 4.78 is 12.0. The topological polar surface area (TPSA) is 57.9 Å². The van der Waals surface area contributed by atoms with Crippen LogP contribution in [0, 0.1) is 0 Å². The minimum absolute atomic E-state index is 0.849. The van der Waals surface area contributed by atoms with Gasteiger partial charge in [0, 0.05) is 52.3 Å². The predicted molar refractivity (Wildman–Crippen MR) is 282 cm³/mol. The number of aromatic nitrogens is 7. The molecule has 15 aromatic rings. The fourth-order valence-corrected chi connectivity index (χ4v) is 16.1. The molecule has 0 radical (unpaired) electrons. The van der Waals surface area contributed by atoms with Crippen LogP contribution in [0.5, 0.6) is 0 Å². The number of pyridine rings is 2. The number of hydrogen-bond acceptors (Lipinski definition) is 4. The maximum absolute atomic E-state index is 5.90. The summed E-state index contributed by atoms with van der Waals surface area (Å²) in [5.74, 6) is 1.73. The average Bonchev–Trinajstić information content (AvgIpc) is 4.21. The van der Waals surface area contributed by atoms with Crippen LogP contribution in [0.2, 0.25) is 0 Å². The standard InChI is InChI=1S/C59H37N7S2/c1-3-18-38(19-4-1)68(39-20-5-2-6-21-39,58-55-43-25-10-16-33-52(43)67-53(55)36-37-60-58)66-48-30-15-14-29-47(48)65-50-32-17-31-49(57(50)62-59(65)66)63-46-28-13-9-24-42(46)56-51(63)34-35-54(61-56)64-44-26-11-7-22-40(44)41-23-8-12-27-45(41)64/h1-37H. The van der Waals surface area contributed by atoms with Crippen molar-refractivity contribution in [3.05, 3.63) is 225 Å². The molecule has 7 heterocycles. The van der Waals surface area contributed by atoms with Crippen LogP contribution in [-0.4, -0.2) is 32.5 Å². The van der Waals surface area contributed by atoms with E-state index < -0.39 is 10.2 Å². The number of hydrogen-bond donors (Lipinski definition) is 0. The first-order valence-electron chi connectivity index (χ1n) is 22.8. The normalized spacial score (nSPS) is 12.6. The van der Waals surface area contributed by atoms with Crippen molar-refractivity contribution in [1.82, 2.24) is 32.5 Å². The number of para-hydroxylation sites is 6. The fourth-order valence-electron chi connectivity index (χ4n) is 11.0. The molecule has 68 heavy (non-hydrogen) atoms. The Morgan fingerprint density at radius 2 is 0.956 bits per heavy atom. The van der Waals surface area contributed by atoms with E-state index in [-0.39, 0.29) is 0 Å². The molecule has 0 spiro atoms. The zero-order chi connectivity index (χ0) is 44.5. The van der Waals surface area contributed by atoms with Gasteiger partial charge in [-0.25, -0.2) is 15.0 Å². The Labute approximate surface area is 394 Å². The van der Waals surface area contributed by atoms with Crippen molar-refractivity contribution in [2.75, 3.05) is 0 Å². The maximum atomic E-state index is 5.90. The first-order valence-corrected chi connectivity index (χ1v) is 25.2. The highest BCUT2D eigenvalue weighted by Gasteiger charge is 2.40. The third-order valence-corrected chi connectivity index (χ3v) is 18.5. The van der Waals surface area contributed by atoms with Gasteiger partial charge in [0.25, 0.3) is 0 Å². The van der Waals surface area contributed by atoms with Gasteiger partial charge < -0.3 is 4.57 Å². The number of benzene rings is 8. The smallest absolute Gasteiger partial charge is 0.226 e. The second kappa shape index (κ2) is 14.3. The van der Waals surface area contributed by atoms with Gasteiger partial charge in [0.15, 0.2) is 0 Å². The van der Waals surface area contributed by atoms with Crippen LogP contribution in [0.15, 0.2) is 239 Å². The van der Waals surface area contributed by atoms with E-state index in [2.05, 4.69) is 236 Å². The van der Waals surface area contributed by atoms with Gasteiger partial charge in [-0.05, 0) is 91.0 Å². The maximum Gasteiger partial charge on any atom is 0.226 e. The Hall–Kier alpha value is -8.50. The SMILES string of the molecule is c1ccc(S(c2ccccc2)(c2nccc3sc4ccccc4c23)n2c3ccccc3n3c4cccc(-n5c6ccccc6c6nc(-n7c8ccccc8c8ccccc87)ccc65)c4nc23)cc1. The van der Waals surface area contributed by atoms with E-state index >= 15 is 0 Å². The quantitative estimate of drug-likeness (QED) is 0.167. The molecule has 0 atom stereocenters. The Morgan fingerprint density at radius 1 is 0.382 bits per heavy atom. The van der Waals surface area contributed by atoms with Gasteiger partial charge in [-0.1, -0.05) is 138 Å². The van der Waals surface area contributed by atoms with E-state index in [4.69, 9.17) is 15.0 Å². The molecule has 320 valence electrons. The van der Waals surface area contributed by atoms with Crippen molar-refractivity contribution in [2.45, 2.75) is 14.8 Å². The number of fused-ring (bicyclic) bond motifs is 14. The van der Waals surface area contributed by atoms with Gasteiger partial charge in [0.2, 0.25) is 5.78 Å². The van der Waals surface area contributed by atoms with Crippen LogP contribution in [0.3, 0.4) is 0 Å². The van der Waals surface area contributed by atoms with Crippen molar-refractivity contribution >= 4 is 113 Å². The molecule has 0 unspecified atom stereocenters. The number of thiophene rings is 1. The number of nitrogens with zero attached hydrogens (tertiary/aromatic N) is 7. The molecule has 7 nitrogen and oxygen atoms in total. The van der Waals surface area contributed by atoms with E-state index in [1.807, 2.05) is 17.5 Å². The van der Waals surface area contributed by atoms with Gasteiger partial charge >= 0.3 is 0 Å². The molecule has 0 saturated carbocycles. The Morgan fingerprint density at radius 3 is 1.66 bits per heavy atom. The third kappa shape index (κ3) is 5.01. The molecule has 0 bridgehead atoms. The van der Waals surface area contributed by atoms with Crippen molar-refractivity contribution < 1.29 is 0 Å². The highest BCUT2D eigenvalue weighted by molar-refractivity contribution is 8.33. The summed E-state index contributed by atoms with van der Waals surface area (Å²) in [5.41, 5.74) is 10.4. The molecule has 0 aliphatic carbocycles. The predicted octanol–water partition coefficient (Wildman–Crippen LogP) is 15.5. The minimum Gasteiger partial charge on any atom is -0.305 e. The van der Waals surface area contributed by atoms with Crippen LogP contribution >= 0.6 is 21.6 Å². The van der Waals surface area contributed by atoms with Crippen molar-refractivity contribution in [1.29, 1.82) is 0 Å². The summed E-state index contributed by atoms with van der Waals surface area (Å²) in [6, 6.07) is 78.6. The highest BCUT2D eigenvalue weighted by Crippen LogP contribution is 2.71. The molecule has 0 aliphatic rings. The lowest BCUT2D eigenvalue weighted by molar-refractivity contribution is 1.09. The first kappa shape index (κ1) is 37.7. The number of imidazole rings is 2. The molecule has 9 heteroatoms. The van der Waals surface area contributed by atoms with Crippen LogP contribution in [-0.2, 0) is 0 Å². The molecular weight excluding hydrogens is 871 g/mol. The average molecular weight is 908 g/mol. The van der Waals surface area contributed by atoms with Crippen molar-refractivity contribution in [3.8, 4) is 11.5 Å². The van der Waals surface area contributed by atoms with Crippen LogP contribution in [0.4, 0.5) is 0 Å². The van der Waals surface area contributed by atoms with E-state index in [0.717, 1.165) is 77.3 Å². The summed E-state index contributed by atoms with van der Waals surface area (Å²) in [4.78, 5) is 19.3. The zero-order valence-corrected chi connectivity index (χ0v) is 37.9. The zero-order valence-electron chi connectivity index (χ0n) is 36.3. The van der Waals surface area contributed by atoms with E-state index in [1.165, 1.54) is 40.7 Å². The second-order valence-electron chi connectivity index (χ2n) is 17.2. The number of rotatable bonds is 6. The summed E-state index contributed by atoms with van der Waals surface area (Å²) >= 11 is 1.83. The van der Waals surface area contributed by atoms with Crippen LogP contribution < -0.4 is 0 Å². The summed E-state index contributed by atoms with van der Waals surface area (Å²) in [6.07, 6.45) is 2.01. The van der Waals surface area contributed by atoms with Crippen LogP contribution in [0.1, 0.15) is 0 Å². The minimum atomic E-state index is -2.44. The summed E-state index contributed by atoms with van der Waals surface area (Å²) in [5, 5.41) is 6.94. The Bertz CT molecular complexity index is 4430. The monoisotopic (exact) mass is 907 g/mol. The van der Waals surface area contributed by atoms with Gasteiger partial charge in [0.1, 0.15) is 16.4 Å². The third-order valence-electron chi connectivity index (χ3n) is 13.7. The first-order chi connectivity index (χ1) is 33.8. The van der Waals surface area contributed by atoms with Gasteiger partial charge in [0.05, 0.1) is 49.8 Å². The van der Waals surface area contributed by atoms with Gasteiger partial charge in [-0.3, -0.25) is 12.9 Å². The molecule has 8 aromatic carbocycles. The Kier molecular flexibility index (Phi) is 7.90. The molecule has 0 aliphatic heterocycles. The molecular formula is C59H37N7S2. The molecule has 0 saturated heterocycles. The summed E-state index contributed by atoms with van der Waals surface area (Å²) in [7, 11) is -2.44. The fraction of sp³-hybridized carbons (Fsp3) is 0. The second-order valence-corrected chi connectivity index (χ2v) is 21.2. The molecule has 0 N–H and O–H groups in total. The lowest BCUT2D eigenvalue weighted by Crippen LogP contribution is -2.15.